The first-order valence-corrected chi connectivity index (χ1v) is 6.96. The van der Waals surface area contributed by atoms with Gasteiger partial charge >= 0.3 is 0 Å². The predicted octanol–water partition coefficient (Wildman–Crippen LogP) is 3.77. The van der Waals surface area contributed by atoms with Gasteiger partial charge in [0, 0.05) is 25.2 Å². The second-order valence-corrected chi connectivity index (χ2v) is 6.06. The van der Waals surface area contributed by atoms with E-state index in [9.17, 15) is 10.1 Å². The molecule has 104 valence electrons. The molecule has 1 aromatic carbocycles. The first-order valence-electron chi connectivity index (χ1n) is 6.58. The summed E-state index contributed by atoms with van der Waals surface area (Å²) in [5.74, 6) is 0.687. The lowest BCUT2D eigenvalue weighted by atomic mass is 9.92. The zero-order valence-corrected chi connectivity index (χ0v) is 12.0. The first-order chi connectivity index (χ1) is 8.94. The van der Waals surface area contributed by atoms with Crippen LogP contribution >= 0.6 is 11.6 Å². The minimum absolute atomic E-state index is 0.0367. The highest BCUT2D eigenvalue weighted by Gasteiger charge is 2.44. The molecule has 0 saturated heterocycles. The Bertz CT molecular complexity index is 484. The number of rotatable bonds is 6. The molecule has 1 aliphatic carbocycles. The van der Waals surface area contributed by atoms with E-state index in [1.807, 2.05) is 0 Å². The highest BCUT2D eigenvalue weighted by Crippen LogP contribution is 2.51. The lowest BCUT2D eigenvalue weighted by molar-refractivity contribution is -0.384. The fourth-order valence-electron chi connectivity index (χ4n) is 2.36. The standard InChI is InChI=1S/C14H19ClN2O2/c1-10(2)14(5-6-14)9-16-8-11-3-4-12(17(18)19)7-13(11)15/h3-4,7,10,16H,5-6,8-9H2,1-2H3. The van der Waals surface area contributed by atoms with Gasteiger partial charge in [0.1, 0.15) is 0 Å². The molecule has 1 aromatic rings. The zero-order valence-electron chi connectivity index (χ0n) is 11.3. The topological polar surface area (TPSA) is 55.2 Å². The van der Waals surface area contributed by atoms with Crippen molar-refractivity contribution in [3.63, 3.8) is 0 Å². The maximum absolute atomic E-state index is 10.6. The van der Waals surface area contributed by atoms with Crippen molar-refractivity contribution in [2.45, 2.75) is 33.2 Å². The summed E-state index contributed by atoms with van der Waals surface area (Å²) in [7, 11) is 0. The van der Waals surface area contributed by atoms with Crippen LogP contribution in [0.5, 0.6) is 0 Å². The van der Waals surface area contributed by atoms with Gasteiger partial charge in [-0.1, -0.05) is 25.4 Å². The van der Waals surface area contributed by atoms with Crippen LogP contribution in [0, 0.1) is 21.4 Å². The van der Waals surface area contributed by atoms with Crippen molar-refractivity contribution in [2.75, 3.05) is 6.54 Å². The Balaban J connectivity index is 1.92. The summed E-state index contributed by atoms with van der Waals surface area (Å²) in [4.78, 5) is 10.2. The molecule has 19 heavy (non-hydrogen) atoms. The van der Waals surface area contributed by atoms with Gasteiger partial charge in [-0.25, -0.2) is 0 Å². The molecule has 0 spiro atoms. The van der Waals surface area contributed by atoms with Crippen LogP contribution in [-0.4, -0.2) is 11.5 Å². The molecular weight excluding hydrogens is 264 g/mol. The van der Waals surface area contributed by atoms with Gasteiger partial charge in [-0.05, 0) is 35.8 Å². The quantitative estimate of drug-likeness (QED) is 0.638. The average molecular weight is 283 g/mol. The highest BCUT2D eigenvalue weighted by atomic mass is 35.5. The molecule has 0 amide bonds. The van der Waals surface area contributed by atoms with Crippen molar-refractivity contribution in [1.29, 1.82) is 0 Å². The molecule has 1 aliphatic rings. The normalized spacial score (nSPS) is 16.6. The van der Waals surface area contributed by atoms with Crippen molar-refractivity contribution in [3.05, 3.63) is 38.9 Å². The minimum Gasteiger partial charge on any atom is -0.312 e. The van der Waals surface area contributed by atoms with Gasteiger partial charge in [0.25, 0.3) is 5.69 Å². The van der Waals surface area contributed by atoms with Crippen LogP contribution < -0.4 is 5.32 Å². The van der Waals surface area contributed by atoms with E-state index in [4.69, 9.17) is 11.6 Å². The number of hydrogen-bond donors (Lipinski definition) is 1. The van der Waals surface area contributed by atoms with E-state index < -0.39 is 4.92 Å². The molecule has 4 nitrogen and oxygen atoms in total. The van der Waals surface area contributed by atoms with Crippen LogP contribution in [0.15, 0.2) is 18.2 Å². The smallest absolute Gasteiger partial charge is 0.270 e. The number of halogens is 1. The van der Waals surface area contributed by atoms with Gasteiger partial charge in [-0.15, -0.1) is 0 Å². The zero-order chi connectivity index (χ0) is 14.0. The van der Waals surface area contributed by atoms with Crippen molar-refractivity contribution in [1.82, 2.24) is 5.32 Å². The van der Waals surface area contributed by atoms with Gasteiger partial charge in [-0.3, -0.25) is 10.1 Å². The summed E-state index contributed by atoms with van der Waals surface area (Å²) in [5, 5.41) is 14.5. The number of non-ortho nitro benzene ring substituents is 1. The summed E-state index contributed by atoms with van der Waals surface area (Å²) in [6, 6.07) is 4.63. The molecule has 2 rings (SSSR count). The van der Waals surface area contributed by atoms with Gasteiger partial charge in [0.05, 0.1) is 9.95 Å². The second-order valence-electron chi connectivity index (χ2n) is 5.65. The molecule has 0 aromatic heterocycles. The number of nitrogens with one attached hydrogen (secondary N) is 1. The molecule has 0 radical (unpaired) electrons. The van der Waals surface area contributed by atoms with E-state index in [2.05, 4.69) is 19.2 Å². The number of nitro groups is 1. The first kappa shape index (κ1) is 14.3. The lowest BCUT2D eigenvalue weighted by Gasteiger charge is -2.20. The highest BCUT2D eigenvalue weighted by molar-refractivity contribution is 6.31. The van der Waals surface area contributed by atoms with Crippen molar-refractivity contribution < 1.29 is 4.92 Å². The Morgan fingerprint density at radius 2 is 2.16 bits per heavy atom. The van der Waals surface area contributed by atoms with E-state index in [0.29, 0.717) is 22.9 Å². The largest absolute Gasteiger partial charge is 0.312 e. The van der Waals surface area contributed by atoms with E-state index >= 15 is 0 Å². The maximum atomic E-state index is 10.6. The molecule has 5 heteroatoms. The van der Waals surface area contributed by atoms with Gasteiger partial charge in [0.2, 0.25) is 0 Å². The third-order valence-corrected chi connectivity index (χ3v) is 4.51. The fraction of sp³-hybridized carbons (Fsp3) is 0.571. The third-order valence-electron chi connectivity index (χ3n) is 4.16. The van der Waals surface area contributed by atoms with Crippen LogP contribution in [0.1, 0.15) is 32.3 Å². The Kier molecular flexibility index (Phi) is 4.11. The lowest BCUT2D eigenvalue weighted by Crippen LogP contribution is -2.27. The van der Waals surface area contributed by atoms with E-state index in [1.54, 1.807) is 6.07 Å². The van der Waals surface area contributed by atoms with Crippen molar-refractivity contribution in [3.8, 4) is 0 Å². The molecule has 1 fully saturated rings. The second kappa shape index (κ2) is 5.47. The Morgan fingerprint density at radius 3 is 2.63 bits per heavy atom. The Hall–Kier alpha value is -1.13. The van der Waals surface area contributed by atoms with E-state index in [0.717, 1.165) is 12.1 Å². The minimum atomic E-state index is -0.430. The monoisotopic (exact) mass is 282 g/mol. The molecule has 1 N–H and O–H groups in total. The summed E-state index contributed by atoms with van der Waals surface area (Å²) in [6.07, 6.45) is 2.57. The SMILES string of the molecule is CC(C)C1(CNCc2ccc([N+](=O)[O-])cc2Cl)CC1. The van der Waals surface area contributed by atoms with E-state index in [-0.39, 0.29) is 5.69 Å². The molecule has 0 unspecified atom stereocenters. The van der Waals surface area contributed by atoms with Crippen LogP contribution in [0.25, 0.3) is 0 Å². The molecule has 0 heterocycles. The summed E-state index contributed by atoms with van der Waals surface area (Å²) in [6.45, 7) is 6.16. The van der Waals surface area contributed by atoms with Crippen molar-refractivity contribution in [2.24, 2.45) is 11.3 Å². The molecular formula is C14H19ClN2O2. The summed E-state index contributed by atoms with van der Waals surface area (Å²) < 4.78 is 0. The van der Waals surface area contributed by atoms with Gasteiger partial charge < -0.3 is 5.32 Å². The maximum Gasteiger partial charge on any atom is 0.270 e. The Labute approximate surface area is 118 Å². The van der Waals surface area contributed by atoms with Crippen molar-refractivity contribution >= 4 is 17.3 Å². The third kappa shape index (κ3) is 3.25. The Morgan fingerprint density at radius 1 is 1.47 bits per heavy atom. The number of nitro benzene ring substituents is 1. The van der Waals surface area contributed by atoms with Crippen LogP contribution in [-0.2, 0) is 6.54 Å². The molecule has 0 atom stereocenters. The molecule has 1 saturated carbocycles. The van der Waals surface area contributed by atoms with E-state index in [1.165, 1.54) is 25.0 Å². The number of hydrogen-bond acceptors (Lipinski definition) is 3. The predicted molar refractivity (Wildman–Crippen MR) is 76.3 cm³/mol. The summed E-state index contributed by atoms with van der Waals surface area (Å²) >= 11 is 6.06. The molecule has 0 aliphatic heterocycles. The van der Waals surface area contributed by atoms with Gasteiger partial charge in [-0.2, -0.15) is 0 Å². The number of benzene rings is 1. The van der Waals surface area contributed by atoms with Gasteiger partial charge in [0.15, 0.2) is 0 Å². The summed E-state index contributed by atoms with van der Waals surface area (Å²) in [5.41, 5.74) is 1.40. The number of nitrogens with zero attached hydrogens (tertiary/aromatic N) is 1. The fourth-order valence-corrected chi connectivity index (χ4v) is 2.60. The van der Waals surface area contributed by atoms with Crippen LogP contribution in [0.3, 0.4) is 0 Å². The average Bonchev–Trinajstić information content (AvgIpc) is 3.12. The molecule has 0 bridgehead atoms. The van der Waals surface area contributed by atoms with Crippen LogP contribution in [0.2, 0.25) is 5.02 Å². The van der Waals surface area contributed by atoms with Crippen LogP contribution in [0.4, 0.5) is 5.69 Å².